The van der Waals surface area contributed by atoms with Gasteiger partial charge in [0.15, 0.2) is 9.84 Å². The van der Waals surface area contributed by atoms with Crippen molar-refractivity contribution in [1.82, 2.24) is 15.2 Å². The number of sulfone groups is 1. The number of rotatable bonds is 10. The summed E-state index contributed by atoms with van der Waals surface area (Å²) in [6, 6.07) is 12.1. The van der Waals surface area contributed by atoms with E-state index in [4.69, 9.17) is 0 Å². The van der Waals surface area contributed by atoms with E-state index in [1.54, 1.807) is 24.3 Å². The maximum Gasteiger partial charge on any atom is 0.256 e. The Labute approximate surface area is 243 Å². The first-order valence-corrected chi connectivity index (χ1v) is 15.6. The van der Waals surface area contributed by atoms with Gasteiger partial charge in [-0.05, 0) is 97.1 Å². The van der Waals surface area contributed by atoms with Gasteiger partial charge in [0, 0.05) is 39.3 Å². The molecule has 2 aromatic carbocycles. The van der Waals surface area contributed by atoms with Crippen molar-refractivity contribution in [3.8, 4) is 0 Å². The second-order valence-electron chi connectivity index (χ2n) is 9.55. The van der Waals surface area contributed by atoms with Gasteiger partial charge in [0.1, 0.15) is 0 Å². The number of nitrogens with zero attached hydrogens (tertiary/aromatic N) is 1. The second kappa shape index (κ2) is 12.1. The number of carbonyl (C=O) groups is 2. The molecule has 0 aliphatic carbocycles. The normalized spacial score (nSPS) is 14.1. The molecule has 2 heterocycles. The highest BCUT2D eigenvalue weighted by atomic mass is 127. The molecule has 4 rings (SSSR count). The maximum atomic E-state index is 13.2. The van der Waals surface area contributed by atoms with Crippen molar-refractivity contribution in [2.24, 2.45) is 0 Å². The molecule has 8 nitrogen and oxygen atoms in total. The molecule has 0 bridgehead atoms. The second-order valence-corrected chi connectivity index (χ2v) is 12.8. The number of anilines is 1. The summed E-state index contributed by atoms with van der Waals surface area (Å²) in [5.74, 6) is -0.627. The van der Waals surface area contributed by atoms with Gasteiger partial charge in [0.05, 0.1) is 21.8 Å². The van der Waals surface area contributed by atoms with E-state index in [9.17, 15) is 18.0 Å². The van der Waals surface area contributed by atoms with Gasteiger partial charge in [-0.1, -0.05) is 26.0 Å². The maximum absolute atomic E-state index is 13.2. The van der Waals surface area contributed by atoms with Crippen LogP contribution in [-0.4, -0.2) is 56.3 Å². The summed E-state index contributed by atoms with van der Waals surface area (Å²) < 4.78 is 27.4. The molecule has 3 aromatic rings. The van der Waals surface area contributed by atoms with Crippen LogP contribution in [0.4, 0.5) is 5.69 Å². The average Bonchev–Trinajstić information content (AvgIpc) is 3.35. The molecule has 0 saturated carbocycles. The SMILES string of the molecule is CCN(CC)CCNC(=O)c1c(C)[nH]c(/C=C2\C(=O)Nc3ccc(S(=O)(=O)Cc4cccc(I)c4)cc32)c1C. The summed E-state index contributed by atoms with van der Waals surface area (Å²) in [7, 11) is -3.64. The molecule has 0 fully saturated rings. The van der Waals surface area contributed by atoms with Crippen molar-refractivity contribution < 1.29 is 18.0 Å². The Morgan fingerprint density at radius 3 is 2.54 bits per heavy atom. The highest BCUT2D eigenvalue weighted by molar-refractivity contribution is 14.1. The van der Waals surface area contributed by atoms with E-state index in [2.05, 4.69) is 57.0 Å². The zero-order chi connectivity index (χ0) is 28.3. The molecular weight excluding hydrogens is 627 g/mol. The zero-order valence-corrected chi connectivity index (χ0v) is 25.5. The predicted octanol–water partition coefficient (Wildman–Crippen LogP) is 4.77. The first-order chi connectivity index (χ1) is 18.5. The van der Waals surface area contributed by atoms with Crippen LogP contribution in [-0.2, 0) is 20.4 Å². The molecule has 0 radical (unpaired) electrons. The van der Waals surface area contributed by atoms with Crippen LogP contribution in [0, 0.1) is 17.4 Å². The number of nitrogens with one attached hydrogen (secondary N) is 3. The fourth-order valence-electron chi connectivity index (χ4n) is 4.79. The molecule has 2 amide bonds. The Balaban J connectivity index is 1.61. The quantitative estimate of drug-likeness (QED) is 0.214. The Morgan fingerprint density at radius 1 is 1.10 bits per heavy atom. The van der Waals surface area contributed by atoms with Crippen LogP contribution in [0.5, 0.6) is 0 Å². The summed E-state index contributed by atoms with van der Waals surface area (Å²) in [4.78, 5) is 31.5. The van der Waals surface area contributed by atoms with Crippen molar-refractivity contribution in [2.75, 3.05) is 31.5 Å². The molecule has 1 aliphatic heterocycles. The van der Waals surface area contributed by atoms with Gasteiger partial charge >= 0.3 is 0 Å². The van der Waals surface area contributed by atoms with Crippen molar-refractivity contribution >= 4 is 61.6 Å². The van der Waals surface area contributed by atoms with E-state index in [-0.39, 0.29) is 22.5 Å². The van der Waals surface area contributed by atoms with Gasteiger partial charge in [0.25, 0.3) is 11.8 Å². The van der Waals surface area contributed by atoms with Crippen molar-refractivity contribution in [1.29, 1.82) is 0 Å². The Hall–Kier alpha value is -2.96. The minimum Gasteiger partial charge on any atom is -0.358 e. The number of aromatic amines is 1. The minimum atomic E-state index is -3.64. The van der Waals surface area contributed by atoms with E-state index in [0.717, 1.165) is 28.8 Å². The van der Waals surface area contributed by atoms with E-state index >= 15 is 0 Å². The molecule has 10 heteroatoms. The third-order valence-corrected chi connectivity index (χ3v) is 9.34. The van der Waals surface area contributed by atoms with E-state index < -0.39 is 9.84 Å². The van der Waals surface area contributed by atoms with Crippen molar-refractivity contribution in [3.05, 3.63) is 79.7 Å². The van der Waals surface area contributed by atoms with Gasteiger partial charge in [-0.3, -0.25) is 9.59 Å². The number of halogens is 1. The van der Waals surface area contributed by atoms with Crippen LogP contribution in [0.3, 0.4) is 0 Å². The number of hydrogen-bond donors (Lipinski definition) is 3. The first-order valence-electron chi connectivity index (χ1n) is 12.9. The van der Waals surface area contributed by atoms with Gasteiger partial charge in [-0.2, -0.15) is 0 Å². The summed E-state index contributed by atoms with van der Waals surface area (Å²) in [6.45, 7) is 11.0. The molecule has 0 atom stereocenters. The number of aromatic nitrogens is 1. The number of H-pyrrole nitrogens is 1. The molecule has 0 saturated heterocycles. The molecule has 206 valence electrons. The lowest BCUT2D eigenvalue weighted by Gasteiger charge is -2.18. The minimum absolute atomic E-state index is 0.134. The van der Waals surface area contributed by atoms with Crippen molar-refractivity contribution in [3.63, 3.8) is 0 Å². The van der Waals surface area contributed by atoms with Gasteiger partial charge in [0.2, 0.25) is 0 Å². The Bertz CT molecular complexity index is 1560. The van der Waals surface area contributed by atoms with Crippen LogP contribution in [0.2, 0.25) is 0 Å². The summed E-state index contributed by atoms with van der Waals surface area (Å²) in [6.07, 6.45) is 1.69. The largest absolute Gasteiger partial charge is 0.358 e. The van der Waals surface area contributed by atoms with E-state index in [1.165, 1.54) is 6.07 Å². The molecule has 1 aliphatic rings. The Morgan fingerprint density at radius 2 is 1.85 bits per heavy atom. The average molecular weight is 661 g/mol. The van der Waals surface area contributed by atoms with E-state index in [0.29, 0.717) is 45.9 Å². The molecular formula is C29H33IN4O4S. The molecule has 3 N–H and O–H groups in total. The number of benzene rings is 2. The van der Waals surface area contributed by atoms with Gasteiger partial charge in [-0.15, -0.1) is 0 Å². The molecule has 39 heavy (non-hydrogen) atoms. The molecule has 0 unspecified atom stereocenters. The van der Waals surface area contributed by atoms with Crippen LogP contribution in [0.25, 0.3) is 11.6 Å². The monoisotopic (exact) mass is 660 g/mol. The number of aryl methyl sites for hydroxylation is 1. The predicted molar refractivity (Wildman–Crippen MR) is 163 cm³/mol. The van der Waals surface area contributed by atoms with Crippen LogP contribution >= 0.6 is 22.6 Å². The number of fused-ring (bicyclic) bond motifs is 1. The summed E-state index contributed by atoms with van der Waals surface area (Å²) in [5, 5.41) is 5.81. The number of amides is 2. The smallest absolute Gasteiger partial charge is 0.256 e. The lowest BCUT2D eigenvalue weighted by Crippen LogP contribution is -2.35. The lowest BCUT2D eigenvalue weighted by atomic mass is 10.0. The summed E-state index contributed by atoms with van der Waals surface area (Å²) >= 11 is 2.16. The fourth-order valence-corrected chi connectivity index (χ4v) is 6.76. The third-order valence-electron chi connectivity index (χ3n) is 6.98. The molecule has 0 spiro atoms. The highest BCUT2D eigenvalue weighted by Gasteiger charge is 2.28. The Kier molecular flexibility index (Phi) is 8.97. The summed E-state index contributed by atoms with van der Waals surface area (Å²) in [5.41, 5.74) is 4.72. The van der Waals surface area contributed by atoms with Gasteiger partial charge < -0.3 is 20.5 Å². The van der Waals surface area contributed by atoms with Gasteiger partial charge in [-0.25, -0.2) is 8.42 Å². The number of likely N-dealkylation sites (N-methyl/N-ethyl adjacent to an activating group) is 1. The van der Waals surface area contributed by atoms with Crippen LogP contribution in [0.1, 0.15) is 52.3 Å². The van der Waals surface area contributed by atoms with Crippen LogP contribution in [0.15, 0.2) is 47.4 Å². The lowest BCUT2D eigenvalue weighted by molar-refractivity contribution is -0.110. The highest BCUT2D eigenvalue weighted by Crippen LogP contribution is 2.36. The standard InChI is InChI=1S/C29H33IN4O4S/c1-5-34(6-2)13-12-31-29(36)27-18(3)26(32-19(27)4)16-24-23-15-22(10-11-25(23)33-28(24)35)39(37,38)17-20-8-7-9-21(30)14-20/h7-11,14-16,32H,5-6,12-13,17H2,1-4H3,(H,31,36)(H,33,35)/b24-16-. The molecule has 1 aromatic heterocycles. The number of carbonyl (C=O) groups excluding carboxylic acids is 2. The topological polar surface area (TPSA) is 111 Å². The van der Waals surface area contributed by atoms with Crippen LogP contribution < -0.4 is 10.6 Å². The van der Waals surface area contributed by atoms with E-state index in [1.807, 2.05) is 32.0 Å². The first kappa shape index (κ1) is 29.0. The zero-order valence-electron chi connectivity index (χ0n) is 22.5. The number of hydrogen-bond acceptors (Lipinski definition) is 5. The van der Waals surface area contributed by atoms with Crippen molar-refractivity contribution in [2.45, 2.75) is 38.3 Å². The fraction of sp³-hybridized carbons (Fsp3) is 0.310. The third kappa shape index (κ3) is 6.44.